The molecule has 144 valence electrons. The number of hydrogen-bond donors (Lipinski definition) is 1. The molecule has 2 bridgehead atoms. The lowest BCUT2D eigenvalue weighted by Gasteiger charge is -2.44. The largest absolute Gasteiger partial charge is 0.445 e. The maximum absolute atomic E-state index is 12.5. The third-order valence-electron chi connectivity index (χ3n) is 5.71. The summed E-state index contributed by atoms with van der Waals surface area (Å²) >= 11 is 1.60. The molecule has 27 heavy (non-hydrogen) atoms. The molecule has 3 saturated heterocycles. The van der Waals surface area contributed by atoms with Crippen LogP contribution < -0.4 is 5.32 Å². The van der Waals surface area contributed by atoms with Gasteiger partial charge >= 0.3 is 6.09 Å². The minimum Gasteiger partial charge on any atom is -0.445 e. The number of nitrogens with zero attached hydrogens (tertiary/aromatic N) is 2. The fourth-order valence-electron chi connectivity index (χ4n) is 3.92. The van der Waals surface area contributed by atoms with Crippen LogP contribution in [0.3, 0.4) is 0 Å². The molecule has 1 amide bonds. The maximum atomic E-state index is 12.5. The average Bonchev–Trinajstić information content (AvgIpc) is 3.14. The highest BCUT2D eigenvalue weighted by atomic mass is 32.1. The summed E-state index contributed by atoms with van der Waals surface area (Å²) in [5, 5.41) is 6.00. The van der Waals surface area contributed by atoms with E-state index in [1.807, 2.05) is 19.2 Å². The normalized spacial score (nSPS) is 24.6. The zero-order valence-electron chi connectivity index (χ0n) is 16.2. The molecule has 3 aliphatic heterocycles. The molecule has 0 aliphatic carbocycles. The number of hydrogen-bond acceptors (Lipinski definition) is 5. The first-order chi connectivity index (χ1) is 12.9. The molecule has 3 fully saturated rings. The van der Waals surface area contributed by atoms with Crippen molar-refractivity contribution >= 4 is 17.4 Å². The highest BCUT2D eigenvalue weighted by Crippen LogP contribution is 2.31. The number of aryl methyl sites for hydroxylation is 1. The molecule has 1 unspecified atom stereocenters. The first kappa shape index (κ1) is 18.4. The zero-order valence-corrected chi connectivity index (χ0v) is 17.0. The minimum atomic E-state index is -0.579. The molecule has 5 nitrogen and oxygen atoms in total. The van der Waals surface area contributed by atoms with Gasteiger partial charge in [0.15, 0.2) is 0 Å². The predicted octanol–water partition coefficient (Wildman–Crippen LogP) is 4.17. The van der Waals surface area contributed by atoms with Gasteiger partial charge < -0.3 is 10.1 Å². The zero-order chi connectivity index (χ0) is 19.0. The van der Waals surface area contributed by atoms with Crippen LogP contribution in [-0.4, -0.2) is 41.7 Å². The van der Waals surface area contributed by atoms with E-state index in [-0.39, 0.29) is 12.2 Å². The number of carbonyl (C=O) groups is 1. The van der Waals surface area contributed by atoms with Gasteiger partial charge in [0.05, 0.1) is 11.2 Å². The second-order valence-electron chi connectivity index (χ2n) is 8.24. The number of fused-ring (bicyclic) bond motifs is 3. The Labute approximate surface area is 164 Å². The highest BCUT2D eigenvalue weighted by Gasteiger charge is 2.37. The number of carbonyl (C=O) groups excluding carboxylic acids is 1. The molecular weight excluding hydrogens is 358 g/mol. The van der Waals surface area contributed by atoms with Crippen molar-refractivity contribution in [2.24, 2.45) is 5.92 Å². The molecule has 1 aromatic carbocycles. The van der Waals surface area contributed by atoms with Crippen LogP contribution in [-0.2, 0) is 10.3 Å². The van der Waals surface area contributed by atoms with Crippen LogP contribution in [0, 0.1) is 12.8 Å². The summed E-state index contributed by atoms with van der Waals surface area (Å²) in [5.41, 5.74) is 2.61. The van der Waals surface area contributed by atoms with Gasteiger partial charge in [-0.1, -0.05) is 29.8 Å². The number of thiazole rings is 1. The molecule has 3 aliphatic rings. The summed E-state index contributed by atoms with van der Waals surface area (Å²) in [6.45, 7) is 9.16. The number of amides is 1. The number of alkyl carbamates (subject to hydrolysis) is 1. The summed E-state index contributed by atoms with van der Waals surface area (Å²) in [7, 11) is 0. The van der Waals surface area contributed by atoms with Gasteiger partial charge in [0.2, 0.25) is 0 Å². The second kappa shape index (κ2) is 7.24. The van der Waals surface area contributed by atoms with Crippen LogP contribution in [0.1, 0.15) is 37.9 Å². The van der Waals surface area contributed by atoms with Gasteiger partial charge in [0.25, 0.3) is 0 Å². The summed E-state index contributed by atoms with van der Waals surface area (Å²) < 4.78 is 5.77. The topological polar surface area (TPSA) is 54.5 Å². The van der Waals surface area contributed by atoms with Gasteiger partial charge in [0, 0.05) is 17.5 Å². The number of nitrogens with one attached hydrogen (secondary N) is 1. The number of benzene rings is 1. The van der Waals surface area contributed by atoms with Crippen molar-refractivity contribution in [2.45, 2.75) is 45.3 Å². The van der Waals surface area contributed by atoms with Crippen molar-refractivity contribution in [3.63, 3.8) is 0 Å². The van der Waals surface area contributed by atoms with Crippen molar-refractivity contribution in [1.29, 1.82) is 0 Å². The lowest BCUT2D eigenvalue weighted by Crippen LogP contribution is -2.53. The monoisotopic (exact) mass is 385 g/mol. The molecule has 6 heteroatoms. The summed E-state index contributed by atoms with van der Waals surface area (Å²) in [4.78, 5) is 19.7. The minimum absolute atomic E-state index is 0.0156. The van der Waals surface area contributed by atoms with E-state index < -0.39 is 5.54 Å². The van der Waals surface area contributed by atoms with E-state index in [1.165, 1.54) is 5.56 Å². The van der Waals surface area contributed by atoms with Crippen LogP contribution in [0.15, 0.2) is 29.6 Å². The van der Waals surface area contributed by atoms with E-state index in [1.54, 1.807) is 11.3 Å². The highest BCUT2D eigenvalue weighted by molar-refractivity contribution is 7.13. The maximum Gasteiger partial charge on any atom is 0.408 e. The molecule has 0 radical (unpaired) electrons. The van der Waals surface area contributed by atoms with Gasteiger partial charge in [-0.15, -0.1) is 11.3 Å². The first-order valence-corrected chi connectivity index (χ1v) is 10.5. The predicted molar refractivity (Wildman–Crippen MR) is 108 cm³/mol. The molecule has 1 N–H and O–H groups in total. The SMILES string of the molecule is Cc1ccc(-c2nc(C(C)(C)NC(=O)OC3CN4CCC3CC4)cs2)cc1. The van der Waals surface area contributed by atoms with E-state index in [0.717, 1.165) is 48.7 Å². The smallest absolute Gasteiger partial charge is 0.408 e. The van der Waals surface area contributed by atoms with E-state index in [4.69, 9.17) is 9.72 Å². The standard InChI is InChI=1S/C21H27N3O2S/c1-14-4-6-16(7-5-14)19-22-18(13-27-19)21(2,3)23-20(25)26-17-12-24-10-8-15(17)9-11-24/h4-7,13,15,17H,8-12H2,1-3H3,(H,23,25). The Morgan fingerprint density at radius 3 is 2.59 bits per heavy atom. The van der Waals surface area contributed by atoms with Gasteiger partial charge in [0.1, 0.15) is 11.1 Å². The quantitative estimate of drug-likeness (QED) is 0.858. The lowest BCUT2D eigenvalue weighted by molar-refractivity contribution is -0.0350. The van der Waals surface area contributed by atoms with Crippen molar-refractivity contribution < 1.29 is 9.53 Å². The number of ether oxygens (including phenoxy) is 1. The average molecular weight is 386 g/mol. The van der Waals surface area contributed by atoms with E-state index in [0.29, 0.717) is 5.92 Å². The van der Waals surface area contributed by atoms with E-state index in [9.17, 15) is 4.79 Å². The van der Waals surface area contributed by atoms with Crippen LogP contribution in [0.2, 0.25) is 0 Å². The summed E-state index contributed by atoms with van der Waals surface area (Å²) in [5.74, 6) is 0.510. The second-order valence-corrected chi connectivity index (χ2v) is 9.09. The molecule has 2 aromatic rings. The van der Waals surface area contributed by atoms with Gasteiger partial charge in [-0.25, -0.2) is 9.78 Å². The third kappa shape index (κ3) is 4.01. The number of rotatable bonds is 4. The van der Waals surface area contributed by atoms with Gasteiger partial charge in [-0.3, -0.25) is 4.90 Å². The van der Waals surface area contributed by atoms with Crippen LogP contribution >= 0.6 is 11.3 Å². The summed E-state index contributed by atoms with van der Waals surface area (Å²) in [6.07, 6.45) is 1.94. The Morgan fingerprint density at radius 1 is 1.26 bits per heavy atom. The third-order valence-corrected chi connectivity index (χ3v) is 6.60. The Hall–Kier alpha value is -1.92. The molecule has 1 aromatic heterocycles. The fourth-order valence-corrected chi connectivity index (χ4v) is 4.91. The van der Waals surface area contributed by atoms with Crippen molar-refractivity contribution in [3.05, 3.63) is 40.9 Å². The van der Waals surface area contributed by atoms with Crippen LogP contribution in [0.25, 0.3) is 10.6 Å². The van der Waals surface area contributed by atoms with E-state index in [2.05, 4.69) is 41.4 Å². The van der Waals surface area contributed by atoms with Crippen molar-refractivity contribution in [2.75, 3.05) is 19.6 Å². The molecule has 4 heterocycles. The molecule has 0 saturated carbocycles. The first-order valence-electron chi connectivity index (χ1n) is 9.65. The lowest BCUT2D eigenvalue weighted by atomic mass is 9.86. The number of aromatic nitrogens is 1. The molecule has 1 atom stereocenters. The number of piperidine rings is 3. The Kier molecular flexibility index (Phi) is 4.95. The van der Waals surface area contributed by atoms with Gasteiger partial charge in [-0.2, -0.15) is 0 Å². The Balaban J connectivity index is 1.41. The molecular formula is C21H27N3O2S. The van der Waals surface area contributed by atoms with E-state index >= 15 is 0 Å². The molecule has 0 spiro atoms. The summed E-state index contributed by atoms with van der Waals surface area (Å²) in [6, 6.07) is 8.34. The van der Waals surface area contributed by atoms with Crippen molar-refractivity contribution in [3.8, 4) is 10.6 Å². The Morgan fingerprint density at radius 2 is 1.96 bits per heavy atom. The van der Waals surface area contributed by atoms with Crippen LogP contribution in [0.5, 0.6) is 0 Å². The van der Waals surface area contributed by atoms with Crippen molar-refractivity contribution in [1.82, 2.24) is 15.2 Å². The van der Waals surface area contributed by atoms with Crippen LogP contribution in [0.4, 0.5) is 4.79 Å². The Bertz CT molecular complexity index is 807. The fraction of sp³-hybridized carbons (Fsp3) is 0.524. The molecule has 5 rings (SSSR count). The van der Waals surface area contributed by atoms with Gasteiger partial charge in [-0.05, 0) is 52.6 Å².